The van der Waals surface area contributed by atoms with Crippen LogP contribution in [0.2, 0.25) is 0 Å². The molecule has 1 aliphatic carbocycles. The van der Waals surface area contributed by atoms with E-state index in [2.05, 4.69) is 0 Å². The molecule has 0 heterocycles. The van der Waals surface area contributed by atoms with Gasteiger partial charge in [-0.25, -0.2) is 4.39 Å². The van der Waals surface area contributed by atoms with Crippen molar-refractivity contribution in [1.29, 1.82) is 0 Å². The van der Waals surface area contributed by atoms with Gasteiger partial charge in [-0.05, 0) is 6.92 Å². The molecule has 2 atom stereocenters. The fourth-order valence-electron chi connectivity index (χ4n) is 0.778. The topological polar surface area (TPSA) is 63.3 Å². The molecule has 0 saturated heterocycles. The second-order valence-corrected chi connectivity index (χ2v) is 2.65. The first-order valence-corrected chi connectivity index (χ1v) is 2.61. The highest BCUT2D eigenvalue weighted by atomic mass is 19.1. The number of carboxylic acids is 1. The molecular weight excluding hydrogens is 125 g/mol. The minimum Gasteiger partial charge on any atom is -0.480 e. The molecule has 1 rings (SSSR count). The Hall–Kier alpha value is -0.640. The molecule has 3 N–H and O–H groups in total. The lowest BCUT2D eigenvalue weighted by molar-refractivity contribution is -0.140. The number of alkyl halides is 1. The normalized spacial score (nSPS) is 48.8. The van der Waals surface area contributed by atoms with E-state index in [1.165, 1.54) is 6.92 Å². The summed E-state index contributed by atoms with van der Waals surface area (Å²) in [5.74, 6) is -1.26. The van der Waals surface area contributed by atoms with E-state index < -0.39 is 17.2 Å². The lowest BCUT2D eigenvalue weighted by atomic mass is 10.2. The molecule has 1 saturated carbocycles. The van der Waals surface area contributed by atoms with Gasteiger partial charge in [-0.1, -0.05) is 0 Å². The highest BCUT2D eigenvalue weighted by molar-refractivity contribution is 5.85. The molecule has 3 nitrogen and oxygen atoms in total. The molecule has 4 heteroatoms. The van der Waals surface area contributed by atoms with E-state index in [9.17, 15) is 9.18 Å². The van der Waals surface area contributed by atoms with Crippen molar-refractivity contribution in [3.8, 4) is 0 Å². The van der Waals surface area contributed by atoms with Gasteiger partial charge in [-0.2, -0.15) is 0 Å². The summed E-state index contributed by atoms with van der Waals surface area (Å²) in [5.41, 5.74) is 1.79. The molecule has 1 fully saturated rings. The van der Waals surface area contributed by atoms with Crippen LogP contribution in [0.1, 0.15) is 13.3 Å². The van der Waals surface area contributed by atoms with E-state index >= 15 is 0 Å². The Balaban J connectivity index is 2.74. The van der Waals surface area contributed by atoms with Crippen LogP contribution < -0.4 is 5.73 Å². The Bertz CT molecular complexity index is 168. The first-order chi connectivity index (χ1) is 3.90. The van der Waals surface area contributed by atoms with Gasteiger partial charge in [0.15, 0.2) is 5.54 Å². The maximum atomic E-state index is 12.6. The monoisotopic (exact) mass is 133 g/mol. The number of carbonyl (C=O) groups is 1. The van der Waals surface area contributed by atoms with Crippen molar-refractivity contribution in [2.45, 2.75) is 24.6 Å². The van der Waals surface area contributed by atoms with Crippen molar-refractivity contribution >= 4 is 5.97 Å². The predicted molar refractivity (Wildman–Crippen MR) is 28.7 cm³/mol. The third-order valence-electron chi connectivity index (χ3n) is 1.80. The Morgan fingerprint density at radius 1 is 1.89 bits per heavy atom. The highest BCUT2D eigenvalue weighted by Gasteiger charge is 2.69. The summed E-state index contributed by atoms with van der Waals surface area (Å²) in [6.07, 6.45) is -0.0741. The summed E-state index contributed by atoms with van der Waals surface area (Å²) < 4.78 is 12.6. The minimum absolute atomic E-state index is 0.0741. The fraction of sp³-hybridized carbons (Fsp3) is 0.800. The molecule has 0 amide bonds. The average Bonchev–Trinajstić information content (AvgIpc) is 2.08. The van der Waals surface area contributed by atoms with Crippen LogP contribution in [-0.4, -0.2) is 22.3 Å². The fourth-order valence-corrected chi connectivity index (χ4v) is 0.778. The number of hydrogen-bond acceptors (Lipinski definition) is 2. The van der Waals surface area contributed by atoms with Gasteiger partial charge in [0.2, 0.25) is 0 Å². The van der Waals surface area contributed by atoms with Gasteiger partial charge in [0.25, 0.3) is 0 Å². The van der Waals surface area contributed by atoms with Crippen molar-refractivity contribution in [3.63, 3.8) is 0 Å². The van der Waals surface area contributed by atoms with Crippen molar-refractivity contribution in [2.24, 2.45) is 5.73 Å². The number of nitrogens with two attached hydrogens (primary N) is 1. The van der Waals surface area contributed by atoms with E-state index in [0.717, 1.165) is 0 Å². The summed E-state index contributed by atoms with van der Waals surface area (Å²) in [6, 6.07) is 0. The zero-order valence-corrected chi connectivity index (χ0v) is 5.02. The van der Waals surface area contributed by atoms with Crippen molar-refractivity contribution in [3.05, 3.63) is 0 Å². The first kappa shape index (κ1) is 6.48. The van der Waals surface area contributed by atoms with E-state index in [1.54, 1.807) is 0 Å². The van der Waals surface area contributed by atoms with Crippen LogP contribution in [0.25, 0.3) is 0 Å². The molecule has 0 aromatic heterocycles. The van der Waals surface area contributed by atoms with Crippen molar-refractivity contribution in [1.82, 2.24) is 0 Å². The average molecular weight is 133 g/mol. The van der Waals surface area contributed by atoms with Crippen LogP contribution in [-0.2, 0) is 4.79 Å². The van der Waals surface area contributed by atoms with Crippen molar-refractivity contribution < 1.29 is 14.3 Å². The summed E-state index contributed by atoms with van der Waals surface area (Å²) in [6.45, 7) is 1.20. The van der Waals surface area contributed by atoms with E-state index in [1.807, 2.05) is 0 Å². The SMILES string of the molecule is C[C@]1(F)C[C@]1(N)C(=O)O. The Morgan fingerprint density at radius 2 is 2.22 bits per heavy atom. The molecule has 0 radical (unpaired) electrons. The molecule has 0 unspecified atom stereocenters. The zero-order chi connectivity index (χ0) is 7.28. The second-order valence-electron chi connectivity index (χ2n) is 2.65. The number of carboxylic acid groups (broad SMARTS) is 1. The number of aliphatic carboxylic acids is 1. The van der Waals surface area contributed by atoms with E-state index in [0.29, 0.717) is 0 Å². The number of rotatable bonds is 1. The van der Waals surface area contributed by atoms with E-state index in [-0.39, 0.29) is 6.42 Å². The Kier molecular flexibility index (Phi) is 0.908. The maximum absolute atomic E-state index is 12.6. The van der Waals surface area contributed by atoms with Gasteiger partial charge in [0.05, 0.1) is 0 Å². The summed E-state index contributed by atoms with van der Waals surface area (Å²) in [4.78, 5) is 10.1. The van der Waals surface area contributed by atoms with Gasteiger partial charge in [0.1, 0.15) is 5.67 Å². The Labute approximate surface area is 51.7 Å². The molecule has 0 aliphatic heterocycles. The zero-order valence-electron chi connectivity index (χ0n) is 5.02. The minimum atomic E-state index is -1.70. The smallest absolute Gasteiger partial charge is 0.327 e. The molecule has 9 heavy (non-hydrogen) atoms. The maximum Gasteiger partial charge on any atom is 0.327 e. The lowest BCUT2D eigenvalue weighted by Crippen LogP contribution is -2.39. The van der Waals surface area contributed by atoms with Crippen LogP contribution >= 0.6 is 0 Å². The predicted octanol–water partition coefficient (Wildman–Crippen LogP) is -0.0996. The van der Waals surface area contributed by atoms with Gasteiger partial charge >= 0.3 is 5.97 Å². The first-order valence-electron chi connectivity index (χ1n) is 2.61. The van der Waals surface area contributed by atoms with Crippen LogP contribution in [0, 0.1) is 0 Å². The molecule has 1 aliphatic rings. The lowest BCUT2D eigenvalue weighted by Gasteiger charge is -2.03. The standard InChI is InChI=1S/C5H8FNO2/c1-4(6)2-5(4,7)3(8)9/h2,7H2,1H3,(H,8,9)/t4-,5-/m0/s1. The molecule has 52 valence electrons. The second kappa shape index (κ2) is 1.26. The van der Waals surface area contributed by atoms with Crippen LogP contribution in [0.4, 0.5) is 4.39 Å². The van der Waals surface area contributed by atoms with Crippen LogP contribution in [0.3, 0.4) is 0 Å². The van der Waals surface area contributed by atoms with Gasteiger partial charge < -0.3 is 10.8 Å². The molecular formula is C5H8FNO2. The quantitative estimate of drug-likeness (QED) is 0.525. The van der Waals surface area contributed by atoms with Crippen LogP contribution in [0.5, 0.6) is 0 Å². The van der Waals surface area contributed by atoms with Crippen molar-refractivity contribution in [2.75, 3.05) is 0 Å². The Morgan fingerprint density at radius 3 is 2.22 bits per heavy atom. The van der Waals surface area contributed by atoms with Gasteiger partial charge in [-0.15, -0.1) is 0 Å². The van der Waals surface area contributed by atoms with Crippen LogP contribution in [0.15, 0.2) is 0 Å². The van der Waals surface area contributed by atoms with E-state index in [4.69, 9.17) is 10.8 Å². The largest absolute Gasteiger partial charge is 0.480 e. The summed E-state index contributed by atoms with van der Waals surface area (Å²) >= 11 is 0. The molecule has 0 bridgehead atoms. The highest BCUT2D eigenvalue weighted by Crippen LogP contribution is 2.48. The molecule has 0 aromatic rings. The number of hydrogen-bond donors (Lipinski definition) is 2. The third-order valence-corrected chi connectivity index (χ3v) is 1.80. The third kappa shape index (κ3) is 0.627. The van der Waals surface area contributed by atoms with Gasteiger partial charge in [-0.3, -0.25) is 4.79 Å². The molecule has 0 spiro atoms. The number of halogens is 1. The summed E-state index contributed by atoms with van der Waals surface area (Å²) in [7, 11) is 0. The van der Waals surface area contributed by atoms with Gasteiger partial charge in [0, 0.05) is 6.42 Å². The molecule has 0 aromatic carbocycles. The summed E-state index contributed by atoms with van der Waals surface area (Å²) in [5, 5.41) is 8.28.